The minimum Gasteiger partial charge on any atom is -0.756 e. The molecule has 0 aliphatic carbocycles. The molecule has 0 bridgehead atoms. The fourth-order valence-electron chi connectivity index (χ4n) is 5.22. The Kier molecular flexibility index (Phi) is 38.8. The minimum atomic E-state index is -4.66. The first-order chi connectivity index (χ1) is 29.0. The van der Waals surface area contributed by atoms with Gasteiger partial charge in [-0.3, -0.25) is 14.2 Å². The number of carbonyl (C=O) groups is 2. The summed E-state index contributed by atoms with van der Waals surface area (Å²) in [5, 5.41) is 0. The summed E-state index contributed by atoms with van der Waals surface area (Å²) in [7, 11) is 1.07. The van der Waals surface area contributed by atoms with E-state index in [9.17, 15) is 19.0 Å². The van der Waals surface area contributed by atoms with Crippen LogP contribution in [0.1, 0.15) is 142 Å². The third-order valence-corrected chi connectivity index (χ3v) is 9.74. The summed E-state index contributed by atoms with van der Waals surface area (Å²) in [6.45, 7) is 3.99. The second kappa shape index (κ2) is 41.0. The third kappa shape index (κ3) is 44.2. The number of ether oxygens (including phenoxy) is 2. The molecule has 0 aliphatic rings. The lowest BCUT2D eigenvalue weighted by atomic mass is 10.2. The van der Waals surface area contributed by atoms with Crippen LogP contribution < -0.4 is 4.89 Å². The first-order valence-electron chi connectivity index (χ1n) is 22.6. The molecule has 0 aromatic carbocycles. The van der Waals surface area contributed by atoms with E-state index in [0.29, 0.717) is 30.3 Å². The van der Waals surface area contributed by atoms with E-state index in [-0.39, 0.29) is 26.1 Å². The second-order valence-corrected chi connectivity index (χ2v) is 17.1. The van der Waals surface area contributed by atoms with Crippen LogP contribution in [0.15, 0.2) is 109 Å². The normalized spacial score (nSPS) is 14.6. The van der Waals surface area contributed by atoms with Gasteiger partial charge in [0.05, 0.1) is 27.7 Å². The smallest absolute Gasteiger partial charge is 0.306 e. The van der Waals surface area contributed by atoms with Crippen molar-refractivity contribution in [3.63, 3.8) is 0 Å². The van der Waals surface area contributed by atoms with Gasteiger partial charge in [-0.05, 0) is 89.9 Å². The molecule has 0 radical (unpaired) electrons. The first-order valence-corrected chi connectivity index (χ1v) is 24.1. The fourth-order valence-corrected chi connectivity index (χ4v) is 5.94. The molecule has 0 aromatic heterocycles. The number of rotatable bonds is 39. The van der Waals surface area contributed by atoms with E-state index >= 15 is 0 Å². The van der Waals surface area contributed by atoms with Crippen LogP contribution in [0.5, 0.6) is 0 Å². The summed E-state index contributed by atoms with van der Waals surface area (Å²) in [6.07, 6.45) is 55.7. The van der Waals surface area contributed by atoms with Gasteiger partial charge >= 0.3 is 11.9 Å². The van der Waals surface area contributed by atoms with Gasteiger partial charge in [-0.2, -0.15) is 0 Å². The Labute approximate surface area is 366 Å². The molecule has 0 rings (SSSR count). The average molecular weight is 856 g/mol. The average Bonchev–Trinajstić information content (AvgIpc) is 3.20. The highest BCUT2D eigenvalue weighted by Crippen LogP contribution is 2.38. The number of carbonyl (C=O) groups excluding carboxylic acids is 2. The van der Waals surface area contributed by atoms with E-state index in [1.807, 2.05) is 39.4 Å². The van der Waals surface area contributed by atoms with Crippen LogP contribution in [-0.4, -0.2) is 70.0 Å². The van der Waals surface area contributed by atoms with Crippen LogP contribution >= 0.6 is 7.82 Å². The van der Waals surface area contributed by atoms with E-state index in [0.717, 1.165) is 51.4 Å². The molecule has 0 aliphatic heterocycles. The quantitative estimate of drug-likeness (QED) is 0.0198. The maximum atomic E-state index is 12.7. The van der Waals surface area contributed by atoms with Crippen molar-refractivity contribution in [2.24, 2.45) is 0 Å². The molecule has 0 saturated heterocycles. The summed E-state index contributed by atoms with van der Waals surface area (Å²) in [4.78, 5) is 37.5. The molecule has 0 heterocycles. The Morgan fingerprint density at radius 2 is 0.917 bits per heavy atom. The molecule has 0 spiro atoms. The Hall–Kier alpha value is -3.33. The molecule has 0 saturated carbocycles. The molecule has 0 fully saturated rings. The highest BCUT2D eigenvalue weighted by Gasteiger charge is 2.21. The van der Waals surface area contributed by atoms with Crippen molar-refractivity contribution < 1.29 is 42.1 Å². The number of likely N-dealkylation sites (N-methyl/N-ethyl adjacent to an activating group) is 1. The zero-order valence-electron chi connectivity index (χ0n) is 38.1. The molecule has 60 heavy (non-hydrogen) atoms. The molecule has 2 atom stereocenters. The molecule has 9 nitrogen and oxygen atoms in total. The van der Waals surface area contributed by atoms with Crippen molar-refractivity contribution in [1.29, 1.82) is 0 Å². The van der Waals surface area contributed by atoms with E-state index in [4.69, 9.17) is 18.5 Å². The van der Waals surface area contributed by atoms with Crippen LogP contribution in [0, 0.1) is 0 Å². The van der Waals surface area contributed by atoms with Crippen molar-refractivity contribution in [2.45, 2.75) is 148 Å². The molecular formula is C50H82NO8P. The van der Waals surface area contributed by atoms with Crippen molar-refractivity contribution in [1.82, 2.24) is 0 Å². The largest absolute Gasteiger partial charge is 0.756 e. The lowest BCUT2D eigenvalue weighted by Gasteiger charge is -2.28. The maximum Gasteiger partial charge on any atom is 0.306 e. The number of nitrogens with zero attached hydrogens (tertiary/aromatic N) is 1. The van der Waals surface area contributed by atoms with Gasteiger partial charge in [0.1, 0.15) is 19.8 Å². The number of phosphoric acid groups is 1. The van der Waals surface area contributed by atoms with E-state index < -0.39 is 32.5 Å². The number of phosphoric ester groups is 1. The van der Waals surface area contributed by atoms with Gasteiger partial charge in [-0.15, -0.1) is 0 Å². The van der Waals surface area contributed by atoms with E-state index in [1.54, 1.807) is 0 Å². The predicted octanol–water partition coefficient (Wildman–Crippen LogP) is 12.5. The Morgan fingerprint density at radius 3 is 1.33 bits per heavy atom. The zero-order valence-corrected chi connectivity index (χ0v) is 39.0. The lowest BCUT2D eigenvalue weighted by molar-refractivity contribution is -0.870. The number of unbranched alkanes of at least 4 members (excludes halogenated alkanes) is 7. The van der Waals surface area contributed by atoms with Gasteiger partial charge in [0.15, 0.2) is 6.10 Å². The van der Waals surface area contributed by atoms with Gasteiger partial charge in [-0.25, -0.2) is 0 Å². The van der Waals surface area contributed by atoms with Crippen molar-refractivity contribution >= 4 is 19.8 Å². The molecule has 0 amide bonds. The van der Waals surface area contributed by atoms with Crippen LogP contribution in [0.4, 0.5) is 0 Å². The van der Waals surface area contributed by atoms with E-state index in [1.165, 1.54) is 44.9 Å². The second-order valence-electron chi connectivity index (χ2n) is 15.7. The number of quaternary nitrogens is 1. The predicted molar refractivity (Wildman–Crippen MR) is 249 cm³/mol. The Bertz CT molecular complexity index is 1380. The zero-order chi connectivity index (χ0) is 44.3. The summed E-state index contributed by atoms with van der Waals surface area (Å²) < 4.78 is 33.7. The number of hydrogen-bond acceptors (Lipinski definition) is 8. The van der Waals surface area contributed by atoms with Gasteiger partial charge in [0, 0.05) is 12.8 Å². The van der Waals surface area contributed by atoms with Gasteiger partial charge in [-0.1, -0.05) is 149 Å². The lowest BCUT2D eigenvalue weighted by Crippen LogP contribution is -2.37. The summed E-state index contributed by atoms with van der Waals surface area (Å²) in [6, 6.07) is 0. The number of allylic oxidation sites excluding steroid dienone is 18. The van der Waals surface area contributed by atoms with Gasteiger partial charge < -0.3 is 27.9 Å². The molecule has 10 heteroatoms. The molecule has 1 unspecified atom stereocenters. The summed E-state index contributed by atoms with van der Waals surface area (Å²) in [5.41, 5.74) is 0. The highest BCUT2D eigenvalue weighted by atomic mass is 31.2. The van der Waals surface area contributed by atoms with Crippen LogP contribution in [0.3, 0.4) is 0 Å². The monoisotopic (exact) mass is 856 g/mol. The third-order valence-electron chi connectivity index (χ3n) is 8.78. The molecule has 0 N–H and O–H groups in total. The number of esters is 2. The van der Waals surface area contributed by atoms with Crippen molar-refractivity contribution in [2.75, 3.05) is 47.5 Å². The Morgan fingerprint density at radius 1 is 0.517 bits per heavy atom. The summed E-state index contributed by atoms with van der Waals surface area (Å²) >= 11 is 0. The summed E-state index contributed by atoms with van der Waals surface area (Å²) in [5.74, 6) is -1.01. The standard InChI is InChI=1S/C50H82NO8P/c1-6-8-10-12-14-16-18-20-22-24-25-27-28-30-32-34-36-38-40-42-49(52)56-46-48(47-58-60(54,55)57-45-44-51(3,4)5)59-50(53)43-41-39-37-35-33-31-29-26-23-21-19-17-15-13-11-9-7-2/h14-17,20-23,25,27,29-32,35-38,48H,6-13,18-19,24,26,28,33-34,39-47H2,1-5H3/b16-14+,17-15+,22-20+,23-21+,27-25+,31-29+,32-30+,37-35+,38-36+/t48-/m1/s1. The van der Waals surface area contributed by atoms with Crippen molar-refractivity contribution in [3.05, 3.63) is 109 Å². The molecular weight excluding hydrogens is 774 g/mol. The van der Waals surface area contributed by atoms with Gasteiger partial charge in [0.25, 0.3) is 7.82 Å². The molecule has 340 valence electrons. The van der Waals surface area contributed by atoms with Crippen LogP contribution in [0.25, 0.3) is 0 Å². The van der Waals surface area contributed by atoms with Gasteiger partial charge in [0.2, 0.25) is 0 Å². The van der Waals surface area contributed by atoms with E-state index in [2.05, 4.69) is 105 Å². The van der Waals surface area contributed by atoms with Crippen molar-refractivity contribution in [3.8, 4) is 0 Å². The van der Waals surface area contributed by atoms with Crippen LogP contribution in [0.2, 0.25) is 0 Å². The minimum absolute atomic E-state index is 0.0584. The first kappa shape index (κ1) is 56.7. The SMILES string of the molecule is CCCCC/C=C/C/C=C/C/C=C/C/C=C/C/C=C/CCC(=O)OC[C@H](COP(=O)([O-])OCC[N+](C)(C)C)OC(=O)CCC/C=C/C/C=C/C/C=C/C/C=C/CCCCC. The Balaban J connectivity index is 4.59. The fraction of sp³-hybridized carbons (Fsp3) is 0.600. The van der Waals surface area contributed by atoms with Crippen LogP contribution in [-0.2, 0) is 32.7 Å². The highest BCUT2D eigenvalue weighted by molar-refractivity contribution is 7.45. The maximum absolute atomic E-state index is 12.7. The topological polar surface area (TPSA) is 111 Å². The molecule has 0 aromatic rings. The number of hydrogen-bond donors (Lipinski definition) is 0.